The van der Waals surface area contributed by atoms with E-state index in [0.29, 0.717) is 5.56 Å². The lowest BCUT2D eigenvalue weighted by Gasteiger charge is -2.28. The van der Waals surface area contributed by atoms with Gasteiger partial charge in [0, 0.05) is 29.1 Å². The van der Waals surface area contributed by atoms with Gasteiger partial charge in [0.1, 0.15) is 0 Å². The van der Waals surface area contributed by atoms with Crippen molar-refractivity contribution in [3.05, 3.63) is 36.0 Å². The van der Waals surface area contributed by atoms with Crippen LogP contribution < -0.4 is 0 Å². The molecule has 1 aromatic heterocycles. The molecule has 0 aliphatic rings. The highest BCUT2D eigenvalue weighted by Gasteiger charge is 2.20. The normalized spacial score (nSPS) is 12.4. The van der Waals surface area contributed by atoms with E-state index in [0.717, 1.165) is 35.2 Å². The Morgan fingerprint density at radius 3 is 2.81 bits per heavy atom. The van der Waals surface area contributed by atoms with Crippen LogP contribution in [0, 0.1) is 0 Å². The number of pyridine rings is 1. The first-order valence-corrected chi connectivity index (χ1v) is 7.91. The highest BCUT2D eigenvalue weighted by atomic mass is 32.1. The van der Waals surface area contributed by atoms with Gasteiger partial charge in [-0.05, 0) is 31.9 Å². The molecule has 2 aromatic rings. The summed E-state index contributed by atoms with van der Waals surface area (Å²) in [4.78, 5) is 19.9. The molecule has 21 heavy (non-hydrogen) atoms. The van der Waals surface area contributed by atoms with Gasteiger partial charge in [-0.3, -0.25) is 9.78 Å². The summed E-state index contributed by atoms with van der Waals surface area (Å²) in [6.07, 6.45) is 3.57. The van der Waals surface area contributed by atoms with Crippen LogP contribution in [0.15, 0.2) is 35.4 Å². The van der Waals surface area contributed by atoms with E-state index >= 15 is 0 Å². The van der Waals surface area contributed by atoms with Gasteiger partial charge in [0.2, 0.25) is 0 Å². The number of fused-ring (bicyclic) bond motifs is 1. The van der Waals surface area contributed by atoms with Gasteiger partial charge in [0.25, 0.3) is 5.91 Å². The molecule has 1 heterocycles. The number of rotatable bonds is 5. The fourth-order valence-corrected chi connectivity index (χ4v) is 2.68. The zero-order valence-corrected chi connectivity index (χ0v) is 13.7. The second-order valence-electron chi connectivity index (χ2n) is 5.33. The molecule has 0 saturated heterocycles. The maximum atomic E-state index is 12.7. The smallest absolute Gasteiger partial charge is 0.255 e. The van der Waals surface area contributed by atoms with Crippen LogP contribution >= 0.6 is 12.6 Å². The number of carbonyl (C=O) groups excluding carboxylic acids is 1. The number of thiol groups is 1. The Labute approximate surface area is 131 Å². The lowest BCUT2D eigenvalue weighted by atomic mass is 10.1. The first-order valence-electron chi connectivity index (χ1n) is 7.47. The molecular weight excluding hydrogens is 280 g/mol. The van der Waals surface area contributed by atoms with Gasteiger partial charge in [-0.1, -0.05) is 26.0 Å². The predicted octanol–water partition coefficient (Wildman–Crippen LogP) is 4.17. The summed E-state index contributed by atoms with van der Waals surface area (Å²) in [7, 11) is 0. The van der Waals surface area contributed by atoms with Crippen LogP contribution in [-0.2, 0) is 0 Å². The minimum absolute atomic E-state index is 0.0603. The van der Waals surface area contributed by atoms with Crippen molar-refractivity contribution in [2.45, 2.75) is 44.6 Å². The molecule has 4 heteroatoms. The van der Waals surface area contributed by atoms with Crippen molar-refractivity contribution in [2.75, 3.05) is 6.54 Å². The van der Waals surface area contributed by atoms with Crippen molar-refractivity contribution in [3.63, 3.8) is 0 Å². The molecule has 0 spiro atoms. The zero-order chi connectivity index (χ0) is 15.4. The average molecular weight is 302 g/mol. The van der Waals surface area contributed by atoms with Crippen LogP contribution in [0.1, 0.15) is 44.0 Å². The first kappa shape index (κ1) is 15.8. The molecule has 0 bridgehead atoms. The van der Waals surface area contributed by atoms with E-state index in [1.54, 1.807) is 6.20 Å². The molecule has 0 N–H and O–H groups in total. The summed E-state index contributed by atoms with van der Waals surface area (Å²) < 4.78 is 0. The van der Waals surface area contributed by atoms with Gasteiger partial charge in [-0.15, -0.1) is 12.6 Å². The summed E-state index contributed by atoms with van der Waals surface area (Å²) in [5, 5.41) is 0.953. The number of carbonyl (C=O) groups is 1. The van der Waals surface area contributed by atoms with E-state index in [4.69, 9.17) is 0 Å². The third-order valence-corrected chi connectivity index (χ3v) is 4.15. The zero-order valence-electron chi connectivity index (χ0n) is 12.8. The largest absolute Gasteiger partial charge is 0.336 e. The summed E-state index contributed by atoms with van der Waals surface area (Å²) in [6, 6.07) is 7.95. The third kappa shape index (κ3) is 3.38. The van der Waals surface area contributed by atoms with Crippen LogP contribution in [0.5, 0.6) is 0 Å². The van der Waals surface area contributed by atoms with E-state index in [1.165, 1.54) is 0 Å². The molecule has 1 unspecified atom stereocenters. The van der Waals surface area contributed by atoms with Crippen molar-refractivity contribution in [1.29, 1.82) is 0 Å². The Kier molecular flexibility index (Phi) is 5.23. The molecule has 0 saturated carbocycles. The number of hydrogen-bond donors (Lipinski definition) is 1. The molecule has 112 valence electrons. The fourth-order valence-electron chi connectivity index (χ4n) is 2.41. The third-order valence-electron chi connectivity index (χ3n) is 3.78. The van der Waals surface area contributed by atoms with Crippen molar-refractivity contribution in [2.24, 2.45) is 0 Å². The van der Waals surface area contributed by atoms with Crippen LogP contribution in [0.25, 0.3) is 10.9 Å². The second-order valence-corrected chi connectivity index (χ2v) is 5.81. The van der Waals surface area contributed by atoms with E-state index in [1.807, 2.05) is 29.2 Å². The van der Waals surface area contributed by atoms with Crippen molar-refractivity contribution in [3.8, 4) is 0 Å². The van der Waals surface area contributed by atoms with E-state index in [9.17, 15) is 4.79 Å². The quantitative estimate of drug-likeness (QED) is 0.841. The summed E-state index contributed by atoms with van der Waals surface area (Å²) in [5.41, 5.74) is 1.48. The van der Waals surface area contributed by atoms with Crippen LogP contribution in [-0.4, -0.2) is 28.4 Å². The topological polar surface area (TPSA) is 33.2 Å². The molecule has 1 aromatic carbocycles. The minimum Gasteiger partial charge on any atom is -0.336 e. The second kappa shape index (κ2) is 6.94. The Balaban J connectivity index is 2.37. The van der Waals surface area contributed by atoms with E-state index < -0.39 is 0 Å². The number of nitrogens with zero attached hydrogens (tertiary/aromatic N) is 2. The van der Waals surface area contributed by atoms with Crippen molar-refractivity contribution < 1.29 is 4.79 Å². The van der Waals surface area contributed by atoms with E-state index in [-0.39, 0.29) is 11.9 Å². The lowest BCUT2D eigenvalue weighted by molar-refractivity contribution is 0.0688. The SMILES string of the molecule is CCCN(C(=O)c1cnc2c(S)cccc2c1)C(C)CC. The Bertz CT molecular complexity index is 642. The maximum absolute atomic E-state index is 12.7. The Hall–Kier alpha value is -1.55. The monoisotopic (exact) mass is 302 g/mol. The Morgan fingerprint density at radius 2 is 2.14 bits per heavy atom. The highest BCUT2D eigenvalue weighted by molar-refractivity contribution is 7.80. The summed E-state index contributed by atoms with van der Waals surface area (Å²) in [6.45, 7) is 7.06. The maximum Gasteiger partial charge on any atom is 0.255 e. The molecule has 0 radical (unpaired) electrons. The predicted molar refractivity (Wildman–Crippen MR) is 90.1 cm³/mol. The van der Waals surface area contributed by atoms with Gasteiger partial charge in [0.15, 0.2) is 0 Å². The van der Waals surface area contributed by atoms with Crippen molar-refractivity contribution >= 4 is 29.4 Å². The molecule has 2 rings (SSSR count). The minimum atomic E-state index is 0.0603. The number of hydrogen-bond acceptors (Lipinski definition) is 3. The van der Waals surface area contributed by atoms with Crippen LogP contribution in [0.3, 0.4) is 0 Å². The van der Waals surface area contributed by atoms with Crippen molar-refractivity contribution in [1.82, 2.24) is 9.88 Å². The standard InChI is InChI=1S/C17H22N2OS/c1-4-9-19(12(3)5-2)17(20)14-10-13-7-6-8-15(21)16(13)18-11-14/h6-8,10-12,21H,4-5,9H2,1-3H3. The number of aromatic nitrogens is 1. The average Bonchev–Trinajstić information content (AvgIpc) is 2.51. The van der Waals surface area contributed by atoms with Crippen LogP contribution in [0.2, 0.25) is 0 Å². The van der Waals surface area contributed by atoms with Crippen LogP contribution in [0.4, 0.5) is 0 Å². The van der Waals surface area contributed by atoms with E-state index in [2.05, 4.69) is 38.4 Å². The lowest BCUT2D eigenvalue weighted by Crippen LogP contribution is -2.38. The molecule has 0 fully saturated rings. The molecule has 1 amide bonds. The molecule has 1 atom stereocenters. The summed E-state index contributed by atoms with van der Waals surface area (Å²) in [5.74, 6) is 0.0603. The first-order chi connectivity index (χ1) is 10.1. The number of amides is 1. The summed E-state index contributed by atoms with van der Waals surface area (Å²) >= 11 is 4.40. The highest BCUT2D eigenvalue weighted by Crippen LogP contribution is 2.21. The Morgan fingerprint density at radius 1 is 1.38 bits per heavy atom. The van der Waals surface area contributed by atoms with Gasteiger partial charge in [-0.2, -0.15) is 0 Å². The van der Waals surface area contributed by atoms with Gasteiger partial charge in [0.05, 0.1) is 11.1 Å². The fraction of sp³-hybridized carbons (Fsp3) is 0.412. The number of para-hydroxylation sites is 1. The molecule has 0 aliphatic carbocycles. The molecule has 3 nitrogen and oxygen atoms in total. The van der Waals surface area contributed by atoms with Gasteiger partial charge >= 0.3 is 0 Å². The van der Waals surface area contributed by atoms with Gasteiger partial charge < -0.3 is 4.90 Å². The molecule has 0 aliphatic heterocycles. The molecular formula is C17H22N2OS. The number of benzene rings is 1. The van der Waals surface area contributed by atoms with Gasteiger partial charge in [-0.25, -0.2) is 0 Å².